The highest BCUT2D eigenvalue weighted by atomic mass is 19.1. The molecule has 168 valence electrons. The van der Waals surface area contributed by atoms with E-state index in [1.54, 1.807) is 36.8 Å². The summed E-state index contributed by atoms with van der Waals surface area (Å²) in [6, 6.07) is 13.6. The third kappa shape index (κ3) is 3.00. The van der Waals surface area contributed by atoms with Gasteiger partial charge in [0.1, 0.15) is 11.6 Å². The number of halogens is 1. The maximum absolute atomic E-state index is 14.3. The van der Waals surface area contributed by atoms with Gasteiger partial charge in [0.05, 0.1) is 19.3 Å². The highest BCUT2D eigenvalue weighted by molar-refractivity contribution is 5.77. The topological polar surface area (TPSA) is 75.5 Å². The standard InChI is InChI=1S/C24H22FN5O3/c1-14-15(2)30-20-21(26-23(30)29(14)17-9-7-10-18(12-17)33-4)27(3)24(32)28(22(20)31)13-16-8-5-6-11-19(16)25/h5-12H,13H2,1-4H3. The maximum Gasteiger partial charge on any atom is 0.332 e. The van der Waals surface area contributed by atoms with E-state index in [0.717, 1.165) is 21.6 Å². The van der Waals surface area contributed by atoms with Crippen molar-refractivity contribution in [1.29, 1.82) is 0 Å². The second-order valence-electron chi connectivity index (χ2n) is 7.95. The summed E-state index contributed by atoms with van der Waals surface area (Å²) in [6.07, 6.45) is 0. The van der Waals surface area contributed by atoms with E-state index >= 15 is 0 Å². The number of aromatic nitrogens is 5. The number of nitrogens with zero attached hydrogens (tertiary/aromatic N) is 5. The molecule has 0 saturated heterocycles. The molecule has 0 N–H and O–H groups in total. The van der Waals surface area contributed by atoms with Crippen molar-refractivity contribution in [2.45, 2.75) is 20.4 Å². The maximum atomic E-state index is 14.3. The number of rotatable bonds is 4. The van der Waals surface area contributed by atoms with Crippen molar-refractivity contribution >= 4 is 16.9 Å². The van der Waals surface area contributed by atoms with Crippen LogP contribution in [0.3, 0.4) is 0 Å². The van der Waals surface area contributed by atoms with E-state index in [2.05, 4.69) is 4.98 Å². The summed E-state index contributed by atoms with van der Waals surface area (Å²) in [5.74, 6) is 0.720. The third-order valence-electron chi connectivity index (χ3n) is 6.12. The van der Waals surface area contributed by atoms with Gasteiger partial charge in [-0.2, -0.15) is 4.98 Å². The molecule has 5 rings (SSSR count). The molecule has 0 aliphatic rings. The molecule has 0 aliphatic heterocycles. The van der Waals surface area contributed by atoms with Crippen LogP contribution in [0, 0.1) is 19.7 Å². The first kappa shape index (κ1) is 20.7. The van der Waals surface area contributed by atoms with E-state index in [9.17, 15) is 14.0 Å². The molecule has 2 aromatic carbocycles. The van der Waals surface area contributed by atoms with Crippen LogP contribution < -0.4 is 16.0 Å². The van der Waals surface area contributed by atoms with Gasteiger partial charge in [-0.1, -0.05) is 24.3 Å². The van der Waals surface area contributed by atoms with E-state index in [4.69, 9.17) is 4.74 Å². The van der Waals surface area contributed by atoms with Crippen molar-refractivity contribution in [3.05, 3.63) is 92.1 Å². The Bertz CT molecular complexity index is 1670. The highest BCUT2D eigenvalue weighted by Gasteiger charge is 2.23. The summed E-state index contributed by atoms with van der Waals surface area (Å²) in [6.45, 7) is 3.66. The highest BCUT2D eigenvalue weighted by Crippen LogP contribution is 2.26. The van der Waals surface area contributed by atoms with Gasteiger partial charge in [0, 0.05) is 30.1 Å². The van der Waals surface area contributed by atoms with Gasteiger partial charge < -0.3 is 4.74 Å². The summed E-state index contributed by atoms with van der Waals surface area (Å²) >= 11 is 0. The zero-order chi connectivity index (χ0) is 23.4. The van der Waals surface area contributed by atoms with Gasteiger partial charge in [0.2, 0.25) is 5.78 Å². The molecule has 0 spiro atoms. The summed E-state index contributed by atoms with van der Waals surface area (Å²) in [7, 11) is 3.16. The molecule has 0 aliphatic carbocycles. The van der Waals surface area contributed by atoms with Gasteiger partial charge in [-0.15, -0.1) is 0 Å². The minimum atomic E-state index is -0.557. The van der Waals surface area contributed by atoms with E-state index in [1.165, 1.54) is 10.6 Å². The van der Waals surface area contributed by atoms with Crippen molar-refractivity contribution in [1.82, 2.24) is 23.1 Å². The zero-order valence-corrected chi connectivity index (χ0v) is 18.7. The molecular weight excluding hydrogens is 425 g/mol. The predicted molar refractivity (Wildman–Crippen MR) is 123 cm³/mol. The normalized spacial score (nSPS) is 11.5. The summed E-state index contributed by atoms with van der Waals surface area (Å²) in [4.78, 5) is 31.3. The van der Waals surface area contributed by atoms with Gasteiger partial charge in [-0.05, 0) is 32.0 Å². The first-order chi connectivity index (χ1) is 15.8. The number of hydrogen-bond donors (Lipinski definition) is 0. The Morgan fingerprint density at radius 1 is 1.03 bits per heavy atom. The van der Waals surface area contributed by atoms with Gasteiger partial charge >= 0.3 is 5.69 Å². The summed E-state index contributed by atoms with van der Waals surface area (Å²) < 4.78 is 25.7. The van der Waals surface area contributed by atoms with Crippen LogP contribution >= 0.6 is 0 Å². The number of benzene rings is 2. The molecule has 0 amide bonds. The molecule has 9 heteroatoms. The molecule has 0 saturated carbocycles. The molecule has 0 radical (unpaired) electrons. The van der Waals surface area contributed by atoms with Crippen LogP contribution in [0.2, 0.25) is 0 Å². The van der Waals surface area contributed by atoms with Crippen molar-refractivity contribution in [3.8, 4) is 11.4 Å². The Kier molecular flexibility index (Phi) is 4.70. The van der Waals surface area contributed by atoms with Gasteiger partial charge in [-0.25, -0.2) is 9.18 Å². The molecule has 0 atom stereocenters. The lowest BCUT2D eigenvalue weighted by atomic mass is 10.2. The molecule has 0 bridgehead atoms. The lowest BCUT2D eigenvalue weighted by Crippen LogP contribution is -2.39. The second-order valence-corrected chi connectivity index (χ2v) is 7.95. The van der Waals surface area contributed by atoms with E-state index in [1.807, 2.05) is 42.7 Å². The Morgan fingerprint density at radius 2 is 1.79 bits per heavy atom. The van der Waals surface area contributed by atoms with Crippen LogP contribution in [-0.4, -0.2) is 30.2 Å². The number of ether oxygens (including phenoxy) is 1. The van der Waals surface area contributed by atoms with Crippen molar-refractivity contribution in [3.63, 3.8) is 0 Å². The van der Waals surface area contributed by atoms with Gasteiger partial charge in [0.15, 0.2) is 11.2 Å². The Morgan fingerprint density at radius 3 is 2.52 bits per heavy atom. The minimum Gasteiger partial charge on any atom is -0.497 e. The number of hydrogen-bond acceptors (Lipinski definition) is 4. The Hall–Kier alpha value is -4.14. The van der Waals surface area contributed by atoms with Crippen LogP contribution in [0.15, 0.2) is 58.1 Å². The molecule has 3 heterocycles. The minimum absolute atomic E-state index is 0.171. The van der Waals surface area contributed by atoms with Crippen LogP contribution in [-0.2, 0) is 13.6 Å². The average Bonchev–Trinajstić information content (AvgIpc) is 3.31. The fourth-order valence-electron chi connectivity index (χ4n) is 4.25. The molecule has 5 aromatic rings. The predicted octanol–water partition coefficient (Wildman–Crippen LogP) is 2.95. The van der Waals surface area contributed by atoms with Gasteiger partial charge in [-0.3, -0.25) is 22.9 Å². The van der Waals surface area contributed by atoms with Crippen molar-refractivity contribution in [2.75, 3.05) is 7.11 Å². The number of aryl methyl sites for hydroxylation is 2. The van der Waals surface area contributed by atoms with E-state index < -0.39 is 17.1 Å². The Balaban J connectivity index is 1.84. The molecule has 0 unspecified atom stereocenters. The van der Waals surface area contributed by atoms with Crippen molar-refractivity contribution < 1.29 is 9.13 Å². The third-order valence-corrected chi connectivity index (χ3v) is 6.12. The van der Waals surface area contributed by atoms with E-state index in [0.29, 0.717) is 11.5 Å². The summed E-state index contributed by atoms with van der Waals surface area (Å²) in [5.41, 5.74) is 2.24. The second kappa shape index (κ2) is 7.47. The monoisotopic (exact) mass is 447 g/mol. The molecule has 0 fully saturated rings. The Labute approximate surface area is 187 Å². The van der Waals surface area contributed by atoms with Crippen LogP contribution in [0.1, 0.15) is 17.0 Å². The quantitative estimate of drug-likeness (QED) is 0.425. The molecule has 3 aromatic heterocycles. The average molecular weight is 447 g/mol. The lowest BCUT2D eigenvalue weighted by molar-refractivity contribution is 0.414. The van der Waals surface area contributed by atoms with Gasteiger partial charge in [0.25, 0.3) is 5.56 Å². The molecule has 33 heavy (non-hydrogen) atoms. The molecular formula is C24H22FN5O3. The van der Waals surface area contributed by atoms with E-state index in [-0.39, 0.29) is 23.3 Å². The van der Waals surface area contributed by atoms with Crippen molar-refractivity contribution in [2.24, 2.45) is 7.05 Å². The van der Waals surface area contributed by atoms with Crippen LogP contribution in [0.25, 0.3) is 22.6 Å². The SMILES string of the molecule is COc1cccc(-n2c(C)c(C)n3c4c(=O)n(Cc5ccccc5F)c(=O)n(C)c4nc23)c1. The fourth-order valence-corrected chi connectivity index (χ4v) is 4.25. The summed E-state index contributed by atoms with van der Waals surface area (Å²) in [5, 5.41) is 0. The first-order valence-electron chi connectivity index (χ1n) is 10.4. The fraction of sp³-hybridized carbons (Fsp3) is 0.208. The van der Waals surface area contributed by atoms with Crippen LogP contribution in [0.4, 0.5) is 4.39 Å². The molecule has 8 nitrogen and oxygen atoms in total. The smallest absolute Gasteiger partial charge is 0.332 e. The number of fused-ring (bicyclic) bond motifs is 3. The first-order valence-corrected chi connectivity index (χ1v) is 10.4. The van der Waals surface area contributed by atoms with Crippen LogP contribution in [0.5, 0.6) is 5.75 Å². The zero-order valence-electron chi connectivity index (χ0n) is 18.7. The number of methoxy groups -OCH3 is 1. The number of imidazole rings is 2. The lowest BCUT2D eigenvalue weighted by Gasteiger charge is -2.09. The largest absolute Gasteiger partial charge is 0.497 e.